The molecule has 0 saturated heterocycles. The number of rotatable bonds is 1. The van der Waals surface area contributed by atoms with E-state index in [1.165, 1.54) is 19.3 Å². The molecule has 46 valence electrons. The van der Waals surface area contributed by atoms with Gasteiger partial charge in [0.15, 0.2) is 0 Å². The summed E-state index contributed by atoms with van der Waals surface area (Å²) in [4.78, 5) is 0. The van der Waals surface area contributed by atoms with Crippen LogP contribution in [0.2, 0.25) is 0 Å². The predicted molar refractivity (Wildman–Crippen MR) is 36.7 cm³/mol. The lowest BCUT2D eigenvalue weighted by atomic mass is 9.99. The molecule has 0 aromatic carbocycles. The third-order valence-electron chi connectivity index (χ3n) is 2.23. The van der Waals surface area contributed by atoms with E-state index < -0.39 is 0 Å². The first-order valence-electron chi connectivity index (χ1n) is 3.47. The van der Waals surface area contributed by atoms with Crippen molar-refractivity contribution in [3.05, 3.63) is 12.7 Å². The Morgan fingerprint density at radius 1 is 1.50 bits per heavy atom. The van der Waals surface area contributed by atoms with Crippen molar-refractivity contribution < 1.29 is 0 Å². The van der Waals surface area contributed by atoms with Crippen LogP contribution in [0.15, 0.2) is 12.7 Å². The average Bonchev–Trinajstić information content (AvgIpc) is 2.14. The first-order chi connectivity index (χ1) is 3.84. The van der Waals surface area contributed by atoms with E-state index in [2.05, 4.69) is 19.6 Å². The fourth-order valence-corrected chi connectivity index (χ4v) is 1.52. The Bertz CT molecular complexity index is 84.0. The van der Waals surface area contributed by atoms with Crippen molar-refractivity contribution in [1.29, 1.82) is 0 Å². The van der Waals surface area contributed by atoms with Crippen LogP contribution in [-0.4, -0.2) is 0 Å². The van der Waals surface area contributed by atoms with Gasteiger partial charge in [0.2, 0.25) is 0 Å². The zero-order chi connectivity index (χ0) is 5.98. The van der Waals surface area contributed by atoms with Crippen LogP contribution < -0.4 is 0 Å². The molecule has 8 heavy (non-hydrogen) atoms. The molecule has 0 amide bonds. The maximum absolute atomic E-state index is 3.79. The highest BCUT2D eigenvalue weighted by atomic mass is 14.2. The van der Waals surface area contributed by atoms with Gasteiger partial charge in [-0.25, -0.2) is 0 Å². The molecule has 1 rings (SSSR count). The molecule has 0 aromatic rings. The zero-order valence-electron chi connectivity index (χ0n) is 5.56. The van der Waals surface area contributed by atoms with Gasteiger partial charge in [-0.3, -0.25) is 0 Å². The maximum atomic E-state index is 3.79. The molecule has 2 atom stereocenters. The van der Waals surface area contributed by atoms with Crippen LogP contribution in [0.3, 0.4) is 0 Å². The van der Waals surface area contributed by atoms with Gasteiger partial charge < -0.3 is 0 Å². The van der Waals surface area contributed by atoms with Gasteiger partial charge in [-0.05, 0) is 18.3 Å². The van der Waals surface area contributed by atoms with Crippen molar-refractivity contribution >= 4 is 0 Å². The van der Waals surface area contributed by atoms with Gasteiger partial charge in [0.25, 0.3) is 0 Å². The van der Waals surface area contributed by atoms with Crippen molar-refractivity contribution in [2.75, 3.05) is 0 Å². The van der Waals surface area contributed by atoms with E-state index in [1.807, 2.05) is 0 Å². The second-order valence-electron chi connectivity index (χ2n) is 2.81. The Morgan fingerprint density at radius 3 is 2.50 bits per heavy atom. The summed E-state index contributed by atoms with van der Waals surface area (Å²) in [5.74, 6) is 1.74. The van der Waals surface area contributed by atoms with Crippen LogP contribution in [0.5, 0.6) is 0 Å². The minimum atomic E-state index is 0.829. The van der Waals surface area contributed by atoms with Crippen LogP contribution in [0.4, 0.5) is 0 Å². The van der Waals surface area contributed by atoms with E-state index in [0.717, 1.165) is 11.8 Å². The summed E-state index contributed by atoms with van der Waals surface area (Å²) in [6.45, 7) is 6.11. The van der Waals surface area contributed by atoms with Crippen LogP contribution >= 0.6 is 0 Å². The first-order valence-corrected chi connectivity index (χ1v) is 3.47. The van der Waals surface area contributed by atoms with Crippen molar-refractivity contribution in [3.8, 4) is 0 Å². The normalized spacial score (nSPS) is 37.6. The molecule has 0 aromatic heterocycles. The Kier molecular flexibility index (Phi) is 1.72. The van der Waals surface area contributed by atoms with E-state index in [0.29, 0.717) is 0 Å². The van der Waals surface area contributed by atoms with Gasteiger partial charge in [-0.15, -0.1) is 6.58 Å². The highest BCUT2D eigenvalue weighted by molar-refractivity contribution is 4.86. The summed E-state index contributed by atoms with van der Waals surface area (Å²) in [6, 6.07) is 0. The summed E-state index contributed by atoms with van der Waals surface area (Å²) >= 11 is 0. The first kappa shape index (κ1) is 5.87. The van der Waals surface area contributed by atoms with Gasteiger partial charge in [0, 0.05) is 0 Å². The van der Waals surface area contributed by atoms with Crippen molar-refractivity contribution in [3.63, 3.8) is 0 Å². The SMILES string of the molecule is C=CC1CCC[C@@H]1C. The maximum Gasteiger partial charge on any atom is -0.0210 e. The summed E-state index contributed by atoms with van der Waals surface area (Å²) in [6.07, 6.45) is 6.32. The summed E-state index contributed by atoms with van der Waals surface area (Å²) in [7, 11) is 0. The van der Waals surface area contributed by atoms with E-state index in [1.54, 1.807) is 0 Å². The molecule has 0 heteroatoms. The van der Waals surface area contributed by atoms with Crippen LogP contribution in [-0.2, 0) is 0 Å². The van der Waals surface area contributed by atoms with Crippen LogP contribution in [0.1, 0.15) is 26.2 Å². The highest BCUT2D eigenvalue weighted by Gasteiger charge is 2.19. The molecule has 1 aliphatic rings. The smallest absolute Gasteiger partial charge is 0.0210 e. The average molecular weight is 110 g/mol. The standard InChI is InChI=1S/C8H14/c1-3-8-6-4-5-7(8)2/h3,7-8H,1,4-6H2,2H3/t7-,8?/m0/s1. The van der Waals surface area contributed by atoms with Crippen molar-refractivity contribution in [2.24, 2.45) is 11.8 Å². The number of hydrogen-bond donors (Lipinski definition) is 0. The van der Waals surface area contributed by atoms with E-state index in [9.17, 15) is 0 Å². The third-order valence-corrected chi connectivity index (χ3v) is 2.23. The van der Waals surface area contributed by atoms with Gasteiger partial charge in [-0.2, -0.15) is 0 Å². The third kappa shape index (κ3) is 0.936. The molecule has 1 fully saturated rings. The molecule has 0 N–H and O–H groups in total. The monoisotopic (exact) mass is 110 g/mol. The van der Waals surface area contributed by atoms with E-state index in [-0.39, 0.29) is 0 Å². The highest BCUT2D eigenvalue weighted by Crippen LogP contribution is 2.31. The quantitative estimate of drug-likeness (QED) is 0.455. The molecule has 1 aliphatic carbocycles. The molecular weight excluding hydrogens is 96.1 g/mol. The Morgan fingerprint density at radius 2 is 2.25 bits per heavy atom. The van der Waals surface area contributed by atoms with Crippen molar-refractivity contribution in [2.45, 2.75) is 26.2 Å². The van der Waals surface area contributed by atoms with Gasteiger partial charge in [0.1, 0.15) is 0 Å². The predicted octanol–water partition coefficient (Wildman–Crippen LogP) is 2.61. The molecule has 0 nitrogen and oxygen atoms in total. The summed E-state index contributed by atoms with van der Waals surface area (Å²) in [5.41, 5.74) is 0. The molecule has 0 radical (unpaired) electrons. The Hall–Kier alpha value is -0.260. The fourth-order valence-electron chi connectivity index (χ4n) is 1.52. The fraction of sp³-hybridized carbons (Fsp3) is 0.750. The van der Waals surface area contributed by atoms with E-state index >= 15 is 0 Å². The van der Waals surface area contributed by atoms with E-state index in [4.69, 9.17) is 0 Å². The van der Waals surface area contributed by atoms with Crippen LogP contribution in [0, 0.1) is 11.8 Å². The topological polar surface area (TPSA) is 0 Å². The summed E-state index contributed by atoms with van der Waals surface area (Å²) < 4.78 is 0. The number of allylic oxidation sites excluding steroid dienone is 1. The zero-order valence-corrected chi connectivity index (χ0v) is 5.56. The molecular formula is C8H14. The lowest BCUT2D eigenvalue weighted by Gasteiger charge is -2.06. The Balaban J connectivity index is 2.41. The Labute approximate surface area is 51.6 Å². The lowest BCUT2D eigenvalue weighted by molar-refractivity contribution is 0.504. The van der Waals surface area contributed by atoms with Crippen molar-refractivity contribution in [1.82, 2.24) is 0 Å². The largest absolute Gasteiger partial charge is 0.103 e. The molecule has 1 unspecified atom stereocenters. The summed E-state index contributed by atoms with van der Waals surface area (Å²) in [5, 5.41) is 0. The second-order valence-corrected chi connectivity index (χ2v) is 2.81. The van der Waals surface area contributed by atoms with Gasteiger partial charge in [0.05, 0.1) is 0 Å². The molecule has 0 bridgehead atoms. The minimum absolute atomic E-state index is 0.829. The van der Waals surface area contributed by atoms with Crippen LogP contribution in [0.25, 0.3) is 0 Å². The molecule has 0 spiro atoms. The number of hydrogen-bond acceptors (Lipinski definition) is 0. The molecule has 1 saturated carbocycles. The van der Waals surface area contributed by atoms with Gasteiger partial charge in [-0.1, -0.05) is 25.8 Å². The van der Waals surface area contributed by atoms with Gasteiger partial charge >= 0.3 is 0 Å². The second kappa shape index (κ2) is 2.34. The molecule has 0 heterocycles. The lowest BCUT2D eigenvalue weighted by Crippen LogP contribution is -1.97. The minimum Gasteiger partial charge on any atom is -0.103 e. The molecule has 0 aliphatic heterocycles.